The predicted octanol–water partition coefficient (Wildman–Crippen LogP) is 5.56. The Labute approximate surface area is 132 Å². The van der Waals surface area contributed by atoms with Crippen molar-refractivity contribution in [1.29, 1.82) is 0 Å². The van der Waals surface area contributed by atoms with Crippen molar-refractivity contribution in [3.05, 3.63) is 95.6 Å². The maximum absolute atomic E-state index is 14.5. The highest BCUT2D eigenvalue weighted by Gasteiger charge is 2.62. The fourth-order valence-corrected chi connectivity index (χ4v) is 3.70. The van der Waals surface area contributed by atoms with Gasteiger partial charge in [0.2, 0.25) is 0 Å². The van der Waals surface area contributed by atoms with Gasteiger partial charge < -0.3 is 0 Å². The number of halogens is 3. The van der Waals surface area contributed by atoms with E-state index in [2.05, 4.69) is 0 Å². The molecule has 1 aliphatic carbocycles. The number of hydrogen-bond acceptors (Lipinski definition) is 0. The van der Waals surface area contributed by atoms with E-state index in [1.165, 1.54) is 0 Å². The first-order chi connectivity index (χ1) is 11.1. The van der Waals surface area contributed by atoms with Gasteiger partial charge in [0.25, 0.3) is 0 Å². The number of hydrogen-bond donors (Lipinski definition) is 0. The molecule has 0 saturated heterocycles. The molecule has 0 fully saturated rings. The summed E-state index contributed by atoms with van der Waals surface area (Å²) in [6.07, 6.45) is -4.43. The van der Waals surface area contributed by atoms with E-state index in [0.29, 0.717) is 22.3 Å². The van der Waals surface area contributed by atoms with Crippen LogP contribution in [0.1, 0.15) is 16.7 Å². The van der Waals surface area contributed by atoms with Crippen LogP contribution in [-0.2, 0) is 5.41 Å². The molecule has 0 bridgehead atoms. The number of alkyl halides is 3. The monoisotopic (exact) mass is 310 g/mol. The maximum atomic E-state index is 14.5. The van der Waals surface area contributed by atoms with E-state index in [0.717, 1.165) is 0 Å². The molecule has 0 N–H and O–H groups in total. The van der Waals surface area contributed by atoms with Crippen molar-refractivity contribution in [2.24, 2.45) is 0 Å². The Bertz CT molecular complexity index is 818. The van der Waals surface area contributed by atoms with E-state index in [1.54, 1.807) is 78.9 Å². The summed E-state index contributed by atoms with van der Waals surface area (Å²) in [6.45, 7) is 0. The minimum Gasteiger partial charge on any atom is -0.169 e. The molecular formula is C20H13F3. The van der Waals surface area contributed by atoms with Gasteiger partial charge in [-0.3, -0.25) is 0 Å². The zero-order chi connectivity index (χ0) is 16.1. The number of rotatable bonds is 1. The molecule has 0 radical (unpaired) electrons. The molecule has 3 heteroatoms. The van der Waals surface area contributed by atoms with E-state index < -0.39 is 11.6 Å². The second-order valence-electron chi connectivity index (χ2n) is 5.70. The smallest absolute Gasteiger partial charge is 0.169 e. The molecule has 1 aliphatic rings. The molecule has 114 valence electrons. The molecule has 0 unspecified atom stereocenters. The van der Waals surface area contributed by atoms with Gasteiger partial charge in [0, 0.05) is 0 Å². The number of fused-ring (bicyclic) bond motifs is 3. The molecule has 3 aromatic carbocycles. The Morgan fingerprint density at radius 3 is 1.48 bits per heavy atom. The molecule has 0 atom stereocenters. The van der Waals surface area contributed by atoms with Crippen LogP contribution >= 0.6 is 0 Å². The summed E-state index contributed by atoms with van der Waals surface area (Å²) in [7, 11) is 0. The van der Waals surface area contributed by atoms with Crippen molar-refractivity contribution in [3.8, 4) is 11.1 Å². The second kappa shape index (κ2) is 4.72. The van der Waals surface area contributed by atoms with Crippen molar-refractivity contribution < 1.29 is 13.2 Å². The fourth-order valence-electron chi connectivity index (χ4n) is 3.70. The van der Waals surface area contributed by atoms with Crippen LogP contribution in [0.2, 0.25) is 0 Å². The largest absolute Gasteiger partial charge is 0.406 e. The Hall–Kier alpha value is -2.55. The summed E-state index contributed by atoms with van der Waals surface area (Å²) < 4.78 is 43.4. The van der Waals surface area contributed by atoms with Crippen LogP contribution in [0, 0.1) is 0 Å². The topological polar surface area (TPSA) is 0 Å². The van der Waals surface area contributed by atoms with Gasteiger partial charge >= 0.3 is 6.18 Å². The minimum atomic E-state index is -4.43. The van der Waals surface area contributed by atoms with Crippen molar-refractivity contribution >= 4 is 0 Å². The van der Waals surface area contributed by atoms with Gasteiger partial charge in [0.15, 0.2) is 0 Å². The van der Waals surface area contributed by atoms with Crippen LogP contribution in [0.3, 0.4) is 0 Å². The quantitative estimate of drug-likeness (QED) is 0.551. The molecule has 3 aromatic rings. The van der Waals surface area contributed by atoms with Gasteiger partial charge in [-0.1, -0.05) is 78.9 Å². The van der Waals surface area contributed by atoms with Crippen LogP contribution in [0.25, 0.3) is 11.1 Å². The second-order valence-corrected chi connectivity index (χ2v) is 5.70. The molecule has 0 nitrogen and oxygen atoms in total. The molecule has 0 heterocycles. The molecule has 4 rings (SSSR count). The number of benzene rings is 3. The lowest BCUT2D eigenvalue weighted by atomic mass is 9.72. The average molecular weight is 310 g/mol. The van der Waals surface area contributed by atoms with Gasteiger partial charge in [-0.15, -0.1) is 0 Å². The Morgan fingerprint density at radius 1 is 0.565 bits per heavy atom. The molecule has 0 saturated carbocycles. The van der Waals surface area contributed by atoms with E-state index in [4.69, 9.17) is 0 Å². The molecule has 0 aliphatic heterocycles. The Balaban J connectivity index is 2.19. The summed E-state index contributed by atoms with van der Waals surface area (Å²) in [5.74, 6) is 0. The van der Waals surface area contributed by atoms with Crippen molar-refractivity contribution in [3.63, 3.8) is 0 Å². The van der Waals surface area contributed by atoms with E-state index in [9.17, 15) is 13.2 Å². The Morgan fingerprint density at radius 2 is 1.00 bits per heavy atom. The van der Waals surface area contributed by atoms with Crippen molar-refractivity contribution in [2.45, 2.75) is 11.6 Å². The summed E-state index contributed by atoms with van der Waals surface area (Å²) in [5, 5.41) is 0. The zero-order valence-electron chi connectivity index (χ0n) is 12.1. The SMILES string of the molecule is FC(F)(F)C1(c2ccccc2)c2ccccc2-c2ccccc21. The molecule has 0 amide bonds. The molecule has 0 aromatic heterocycles. The molecule has 23 heavy (non-hydrogen) atoms. The normalized spacial score (nSPS) is 15.1. The van der Waals surface area contributed by atoms with Crippen LogP contribution in [0.4, 0.5) is 13.2 Å². The Kier molecular flexibility index (Phi) is 2.89. The minimum absolute atomic E-state index is 0.255. The lowest BCUT2D eigenvalue weighted by Crippen LogP contribution is -2.42. The summed E-state index contributed by atoms with van der Waals surface area (Å²) in [5.41, 5.74) is 0.0693. The standard InChI is InChI=1S/C20H13F3/c21-20(22,23)19(14-8-2-1-3-9-14)17-12-6-4-10-15(17)16-11-5-7-13-18(16)19/h1-13H. The fraction of sp³-hybridized carbons (Fsp3) is 0.100. The van der Waals surface area contributed by atoms with E-state index in [1.807, 2.05) is 0 Å². The van der Waals surface area contributed by atoms with Crippen LogP contribution in [-0.4, -0.2) is 6.18 Å². The van der Waals surface area contributed by atoms with Crippen LogP contribution in [0.15, 0.2) is 78.9 Å². The van der Waals surface area contributed by atoms with E-state index >= 15 is 0 Å². The first kappa shape index (κ1) is 14.1. The molecule has 0 spiro atoms. The van der Waals surface area contributed by atoms with Gasteiger partial charge in [-0.25, -0.2) is 0 Å². The summed E-state index contributed by atoms with van der Waals surface area (Å²) in [4.78, 5) is 0. The first-order valence-corrected chi connectivity index (χ1v) is 7.38. The van der Waals surface area contributed by atoms with Crippen molar-refractivity contribution in [1.82, 2.24) is 0 Å². The zero-order valence-corrected chi connectivity index (χ0v) is 12.1. The van der Waals surface area contributed by atoms with Crippen LogP contribution < -0.4 is 0 Å². The third-order valence-corrected chi connectivity index (χ3v) is 4.58. The highest BCUT2D eigenvalue weighted by molar-refractivity contribution is 5.84. The predicted molar refractivity (Wildman–Crippen MR) is 84.3 cm³/mol. The maximum Gasteiger partial charge on any atom is 0.406 e. The third-order valence-electron chi connectivity index (χ3n) is 4.58. The average Bonchev–Trinajstić information content (AvgIpc) is 2.87. The lowest BCUT2D eigenvalue weighted by Gasteiger charge is -2.34. The third kappa shape index (κ3) is 1.73. The van der Waals surface area contributed by atoms with Gasteiger partial charge in [-0.05, 0) is 27.8 Å². The van der Waals surface area contributed by atoms with Crippen molar-refractivity contribution in [2.75, 3.05) is 0 Å². The molecular weight excluding hydrogens is 297 g/mol. The van der Waals surface area contributed by atoms with Gasteiger partial charge in [-0.2, -0.15) is 13.2 Å². The first-order valence-electron chi connectivity index (χ1n) is 7.38. The summed E-state index contributed by atoms with van der Waals surface area (Å²) >= 11 is 0. The summed E-state index contributed by atoms with van der Waals surface area (Å²) in [6, 6.07) is 21.8. The lowest BCUT2D eigenvalue weighted by molar-refractivity contribution is -0.165. The van der Waals surface area contributed by atoms with Gasteiger partial charge in [0.05, 0.1) is 0 Å². The highest BCUT2D eigenvalue weighted by Crippen LogP contribution is 2.59. The highest BCUT2D eigenvalue weighted by atomic mass is 19.4. The van der Waals surface area contributed by atoms with Crippen LogP contribution in [0.5, 0.6) is 0 Å². The van der Waals surface area contributed by atoms with E-state index in [-0.39, 0.29) is 5.56 Å². The van der Waals surface area contributed by atoms with Gasteiger partial charge in [0.1, 0.15) is 5.41 Å².